The summed E-state index contributed by atoms with van der Waals surface area (Å²) in [4.78, 5) is 57.2. The molecule has 2 aliphatic heterocycles. The van der Waals surface area contributed by atoms with E-state index in [0.717, 1.165) is 0 Å². The Labute approximate surface area is 220 Å². The Morgan fingerprint density at radius 1 is 0.921 bits per heavy atom. The molecule has 3 aliphatic rings. The number of benzene rings is 2. The first kappa shape index (κ1) is 24.9. The smallest absolute Gasteiger partial charge is 0.334 e. The molecule has 2 aromatic rings. The van der Waals surface area contributed by atoms with E-state index in [-0.39, 0.29) is 43.0 Å². The molecule has 1 aliphatic carbocycles. The summed E-state index contributed by atoms with van der Waals surface area (Å²) in [5.41, 5.74) is -0.402. The third-order valence-corrected chi connectivity index (χ3v) is 7.73. The van der Waals surface area contributed by atoms with Gasteiger partial charge in [-0.3, -0.25) is 24.2 Å². The number of amides is 2. The monoisotopic (exact) mass is 508 g/mol. The van der Waals surface area contributed by atoms with E-state index in [1.807, 2.05) is 0 Å². The molecular weight excluding hydrogens is 484 g/mol. The van der Waals surface area contributed by atoms with Gasteiger partial charge in [-0.05, 0) is 30.5 Å². The quantitative estimate of drug-likeness (QED) is 0.338. The lowest BCUT2D eigenvalue weighted by Crippen LogP contribution is -2.39. The van der Waals surface area contributed by atoms with E-state index in [1.54, 1.807) is 48.5 Å². The zero-order valence-corrected chi connectivity index (χ0v) is 20.9. The number of para-hydroxylation sites is 2. The van der Waals surface area contributed by atoms with Crippen molar-refractivity contribution in [1.29, 1.82) is 0 Å². The second-order valence-electron chi connectivity index (χ2n) is 9.40. The van der Waals surface area contributed by atoms with Gasteiger partial charge < -0.3 is 9.47 Å². The summed E-state index contributed by atoms with van der Waals surface area (Å²) >= 11 is 0. The molecule has 8 nitrogen and oxygen atoms in total. The molecule has 0 aromatic heterocycles. The van der Waals surface area contributed by atoms with E-state index in [1.165, 1.54) is 24.0 Å². The molecule has 0 radical (unpaired) electrons. The highest BCUT2D eigenvalue weighted by atomic mass is 16.5. The van der Waals surface area contributed by atoms with Crippen LogP contribution in [0, 0.1) is 30.1 Å². The lowest BCUT2D eigenvalue weighted by atomic mass is 9.81. The molecule has 1 spiro atoms. The van der Waals surface area contributed by atoms with E-state index in [2.05, 4.69) is 11.8 Å². The first-order valence-corrected chi connectivity index (χ1v) is 11.9. The van der Waals surface area contributed by atoms with Gasteiger partial charge >= 0.3 is 11.9 Å². The van der Waals surface area contributed by atoms with Crippen molar-refractivity contribution in [3.05, 3.63) is 65.2 Å². The van der Waals surface area contributed by atoms with Crippen LogP contribution in [0.3, 0.4) is 0 Å². The van der Waals surface area contributed by atoms with Gasteiger partial charge in [0.15, 0.2) is 0 Å². The summed E-state index contributed by atoms with van der Waals surface area (Å²) in [6, 6.07) is 14.1. The SMILES string of the molecule is C#CCN1C(=O)/C(=C(\C[C@@]2(C(=O)OC)C[C@]23C(=O)N(CC#C)c2ccccc23)C(=O)OC)c2ccccc21. The fourth-order valence-electron chi connectivity index (χ4n) is 6.05. The number of anilines is 2. The minimum atomic E-state index is -1.45. The van der Waals surface area contributed by atoms with Crippen molar-refractivity contribution in [2.24, 2.45) is 5.41 Å². The number of terminal acetylenes is 2. The number of hydrogen-bond acceptors (Lipinski definition) is 6. The second kappa shape index (κ2) is 8.93. The van der Waals surface area contributed by atoms with Gasteiger partial charge in [0.2, 0.25) is 5.91 Å². The average Bonchev–Trinajstić information content (AvgIpc) is 3.47. The molecule has 2 atom stereocenters. The van der Waals surface area contributed by atoms with E-state index in [9.17, 15) is 19.2 Å². The minimum Gasteiger partial charge on any atom is -0.469 e. The van der Waals surface area contributed by atoms with Crippen molar-refractivity contribution in [1.82, 2.24) is 0 Å². The van der Waals surface area contributed by atoms with Crippen molar-refractivity contribution >= 4 is 40.7 Å². The summed E-state index contributed by atoms with van der Waals surface area (Å²) < 4.78 is 10.3. The maximum atomic E-state index is 13.9. The normalized spacial score (nSPS) is 23.9. The molecule has 0 N–H and O–H groups in total. The Morgan fingerprint density at radius 2 is 1.55 bits per heavy atom. The molecular formula is C30H24N2O6. The van der Waals surface area contributed by atoms with Gasteiger partial charge in [-0.15, -0.1) is 12.8 Å². The molecule has 2 heterocycles. The fourth-order valence-corrected chi connectivity index (χ4v) is 6.05. The number of hydrogen-bond donors (Lipinski definition) is 0. The molecule has 0 unspecified atom stereocenters. The van der Waals surface area contributed by atoms with Crippen LogP contribution >= 0.6 is 0 Å². The predicted octanol–water partition coefficient (Wildman–Crippen LogP) is 2.46. The van der Waals surface area contributed by atoms with Gasteiger partial charge in [0.25, 0.3) is 5.91 Å². The van der Waals surface area contributed by atoms with Crippen LogP contribution in [0.5, 0.6) is 0 Å². The fraction of sp³-hybridized carbons (Fsp3) is 0.267. The van der Waals surface area contributed by atoms with Gasteiger partial charge in [0.1, 0.15) is 0 Å². The van der Waals surface area contributed by atoms with E-state index < -0.39 is 28.7 Å². The van der Waals surface area contributed by atoms with Crippen LogP contribution in [0.4, 0.5) is 11.4 Å². The molecule has 38 heavy (non-hydrogen) atoms. The number of fused-ring (bicyclic) bond motifs is 3. The number of carbonyl (C=O) groups is 4. The Kier molecular flexibility index (Phi) is 5.84. The molecule has 1 saturated carbocycles. The highest BCUT2D eigenvalue weighted by Crippen LogP contribution is 2.72. The Bertz CT molecular complexity index is 1530. The number of rotatable bonds is 6. The molecule has 2 amide bonds. The van der Waals surface area contributed by atoms with Crippen molar-refractivity contribution in [3.8, 4) is 24.7 Å². The summed E-state index contributed by atoms with van der Waals surface area (Å²) in [5, 5.41) is 0. The molecule has 190 valence electrons. The average molecular weight is 509 g/mol. The Morgan fingerprint density at radius 3 is 2.21 bits per heavy atom. The van der Waals surface area contributed by atoms with Crippen LogP contribution in [0.25, 0.3) is 5.57 Å². The van der Waals surface area contributed by atoms with Crippen LogP contribution in [0.2, 0.25) is 0 Å². The molecule has 0 saturated heterocycles. The highest BCUT2D eigenvalue weighted by Gasteiger charge is 2.80. The van der Waals surface area contributed by atoms with Crippen LogP contribution in [0.1, 0.15) is 24.0 Å². The van der Waals surface area contributed by atoms with Crippen molar-refractivity contribution in [2.45, 2.75) is 18.3 Å². The van der Waals surface area contributed by atoms with Gasteiger partial charge in [0.05, 0.1) is 55.0 Å². The summed E-state index contributed by atoms with van der Waals surface area (Å²) in [6.45, 7) is 0.0134. The zero-order chi connectivity index (χ0) is 27.2. The third-order valence-electron chi connectivity index (χ3n) is 7.73. The van der Waals surface area contributed by atoms with Gasteiger partial charge in [0, 0.05) is 11.3 Å². The van der Waals surface area contributed by atoms with Gasteiger partial charge in [-0.1, -0.05) is 48.2 Å². The summed E-state index contributed by atoms with van der Waals surface area (Å²) in [6.07, 6.45) is 10.9. The molecule has 8 heteroatoms. The summed E-state index contributed by atoms with van der Waals surface area (Å²) in [5.74, 6) is 2.70. The summed E-state index contributed by atoms with van der Waals surface area (Å²) in [7, 11) is 2.43. The topological polar surface area (TPSA) is 93.2 Å². The first-order valence-electron chi connectivity index (χ1n) is 11.9. The van der Waals surface area contributed by atoms with E-state index >= 15 is 0 Å². The van der Waals surface area contributed by atoms with Gasteiger partial charge in [-0.2, -0.15) is 0 Å². The number of nitrogens with zero attached hydrogens (tertiary/aromatic N) is 2. The van der Waals surface area contributed by atoms with Crippen molar-refractivity contribution in [3.63, 3.8) is 0 Å². The third kappa shape index (κ3) is 3.13. The van der Waals surface area contributed by atoms with E-state index in [0.29, 0.717) is 22.5 Å². The molecule has 5 rings (SSSR count). The molecule has 2 aromatic carbocycles. The first-order chi connectivity index (χ1) is 18.3. The van der Waals surface area contributed by atoms with Crippen LogP contribution in [-0.4, -0.2) is 51.1 Å². The maximum Gasteiger partial charge on any atom is 0.334 e. The van der Waals surface area contributed by atoms with Crippen molar-refractivity contribution in [2.75, 3.05) is 37.1 Å². The maximum absolute atomic E-state index is 13.9. The van der Waals surface area contributed by atoms with Crippen LogP contribution in [-0.2, 0) is 34.1 Å². The minimum absolute atomic E-state index is 0.00715. The number of carbonyl (C=O) groups excluding carboxylic acids is 4. The van der Waals surface area contributed by atoms with E-state index in [4.69, 9.17) is 22.3 Å². The lowest BCUT2D eigenvalue weighted by molar-refractivity contribution is -0.149. The standard InChI is InChI=1S/C30H24N2O6/c1-5-15-31-22-13-9-7-11-19(22)24(25(31)33)20(26(34)37-3)17-29(28(36)38-4)18-30(29)21-12-8-10-14-23(21)32(16-6-2)27(30)35/h1-2,7-14H,15-18H2,3-4H3/b24-20+/t29-,30-/m0/s1. The number of esters is 2. The van der Waals surface area contributed by atoms with Crippen LogP contribution in [0.15, 0.2) is 54.1 Å². The Balaban J connectivity index is 1.71. The predicted molar refractivity (Wildman–Crippen MR) is 140 cm³/mol. The van der Waals surface area contributed by atoms with Gasteiger partial charge in [-0.25, -0.2) is 4.79 Å². The molecule has 1 fully saturated rings. The Hall–Kier alpha value is -4.82. The highest BCUT2D eigenvalue weighted by molar-refractivity contribution is 6.36. The largest absolute Gasteiger partial charge is 0.469 e. The lowest BCUT2D eigenvalue weighted by Gasteiger charge is -2.22. The zero-order valence-electron chi connectivity index (χ0n) is 20.9. The number of methoxy groups -OCH3 is 2. The van der Waals surface area contributed by atoms with Crippen molar-refractivity contribution < 1.29 is 28.7 Å². The molecule has 0 bridgehead atoms. The number of ether oxygens (including phenoxy) is 2. The van der Waals surface area contributed by atoms with Crippen LogP contribution < -0.4 is 9.80 Å². The second-order valence-corrected chi connectivity index (χ2v) is 9.40.